The van der Waals surface area contributed by atoms with E-state index in [4.69, 9.17) is 15.0 Å². The van der Waals surface area contributed by atoms with Gasteiger partial charge in [0.1, 0.15) is 11.6 Å². The average molecular weight is 460 g/mol. The lowest BCUT2D eigenvalue weighted by atomic mass is 9.92. The Morgan fingerprint density at radius 1 is 1.27 bits per heavy atom. The molecule has 180 valence electrons. The molecule has 0 bridgehead atoms. The van der Waals surface area contributed by atoms with E-state index in [-0.39, 0.29) is 23.4 Å². The molecule has 1 aromatic carbocycles. The first-order chi connectivity index (χ1) is 15.9. The molecule has 1 aromatic heterocycles. The van der Waals surface area contributed by atoms with Crippen molar-refractivity contribution in [2.45, 2.75) is 57.9 Å². The van der Waals surface area contributed by atoms with E-state index in [1.807, 2.05) is 0 Å². The van der Waals surface area contributed by atoms with Crippen molar-refractivity contribution in [3.63, 3.8) is 0 Å². The fourth-order valence-corrected chi connectivity index (χ4v) is 4.47. The fourth-order valence-electron chi connectivity index (χ4n) is 4.47. The Bertz CT molecular complexity index is 942. The van der Waals surface area contributed by atoms with Gasteiger partial charge < -0.3 is 24.8 Å². The van der Waals surface area contributed by atoms with E-state index in [1.165, 1.54) is 12.1 Å². The summed E-state index contributed by atoms with van der Waals surface area (Å²) in [7, 11) is 0. The van der Waals surface area contributed by atoms with Gasteiger partial charge in [0.15, 0.2) is 5.82 Å². The van der Waals surface area contributed by atoms with Gasteiger partial charge in [-0.05, 0) is 50.2 Å². The molecule has 0 aliphatic carbocycles. The molecule has 9 heteroatoms. The van der Waals surface area contributed by atoms with Gasteiger partial charge in [-0.3, -0.25) is 4.79 Å². The van der Waals surface area contributed by atoms with Crippen molar-refractivity contribution >= 4 is 11.9 Å². The minimum Gasteiger partial charge on any atom is -0.493 e. The van der Waals surface area contributed by atoms with Crippen molar-refractivity contribution in [3.8, 4) is 5.75 Å². The summed E-state index contributed by atoms with van der Waals surface area (Å²) in [6.45, 7) is 7.50. The van der Waals surface area contributed by atoms with Gasteiger partial charge in [0, 0.05) is 44.2 Å². The second-order valence-electron chi connectivity index (χ2n) is 9.45. The van der Waals surface area contributed by atoms with Gasteiger partial charge in [-0.1, -0.05) is 19.0 Å². The minimum absolute atomic E-state index is 0.0246. The highest BCUT2D eigenvalue weighted by molar-refractivity contribution is 5.94. The molecule has 1 amide bonds. The molecule has 1 atom stereocenters. The highest BCUT2D eigenvalue weighted by atomic mass is 19.1. The van der Waals surface area contributed by atoms with Crippen LogP contribution in [0.15, 0.2) is 22.7 Å². The number of benzene rings is 1. The summed E-state index contributed by atoms with van der Waals surface area (Å²) in [5.41, 5.74) is 5.92. The van der Waals surface area contributed by atoms with Crippen LogP contribution < -0.4 is 15.4 Å². The summed E-state index contributed by atoms with van der Waals surface area (Å²) < 4.78 is 25.6. The number of anilines is 1. The van der Waals surface area contributed by atoms with Gasteiger partial charge in [-0.2, -0.15) is 4.98 Å². The molecule has 2 fully saturated rings. The lowest BCUT2D eigenvalue weighted by molar-refractivity contribution is 0.0786. The molecule has 8 nitrogen and oxygen atoms in total. The topological polar surface area (TPSA) is 97.7 Å². The second-order valence-corrected chi connectivity index (χ2v) is 9.45. The molecule has 3 heterocycles. The Morgan fingerprint density at radius 2 is 2.06 bits per heavy atom. The van der Waals surface area contributed by atoms with Gasteiger partial charge in [-0.25, -0.2) is 4.39 Å². The first-order valence-corrected chi connectivity index (χ1v) is 12.0. The van der Waals surface area contributed by atoms with Crippen molar-refractivity contribution in [1.29, 1.82) is 0 Å². The van der Waals surface area contributed by atoms with Crippen LogP contribution in [-0.2, 0) is 0 Å². The Labute approximate surface area is 194 Å². The molecule has 4 rings (SSSR count). The van der Waals surface area contributed by atoms with Gasteiger partial charge in [-0.15, -0.1) is 0 Å². The monoisotopic (exact) mass is 459 g/mol. The standard InChI is InChI=1S/C24H34FN5O3/c1-16(2)22-27-24(33-28-22)29-10-7-17(8-11-29)4-3-13-32-19-5-6-20(21(25)14-19)23(31)30-12-9-18(26)15-30/h5-6,14,16-18H,3-4,7-13,15,26H2,1-2H3/t18-/m1/s1. The van der Waals surface area contributed by atoms with Crippen LogP contribution in [-0.4, -0.2) is 59.8 Å². The van der Waals surface area contributed by atoms with Crippen LogP contribution in [0.3, 0.4) is 0 Å². The number of rotatable bonds is 8. The predicted octanol–water partition coefficient (Wildman–Crippen LogP) is 3.58. The average Bonchev–Trinajstić information content (AvgIpc) is 3.46. The third kappa shape index (κ3) is 5.82. The van der Waals surface area contributed by atoms with E-state index in [9.17, 15) is 9.18 Å². The normalized spacial score (nSPS) is 19.5. The van der Waals surface area contributed by atoms with Crippen LogP contribution in [0.2, 0.25) is 0 Å². The third-order valence-corrected chi connectivity index (χ3v) is 6.54. The van der Waals surface area contributed by atoms with Gasteiger partial charge in [0.2, 0.25) is 0 Å². The number of likely N-dealkylation sites (tertiary alicyclic amines) is 1. The largest absolute Gasteiger partial charge is 0.493 e. The number of nitrogens with zero attached hydrogens (tertiary/aromatic N) is 4. The lowest BCUT2D eigenvalue weighted by Gasteiger charge is -2.30. The predicted molar refractivity (Wildman–Crippen MR) is 123 cm³/mol. The van der Waals surface area contributed by atoms with E-state index >= 15 is 0 Å². The summed E-state index contributed by atoms with van der Waals surface area (Å²) in [5, 5.41) is 4.05. The maximum atomic E-state index is 14.5. The molecule has 2 N–H and O–H groups in total. The van der Waals surface area contributed by atoms with Gasteiger partial charge >= 0.3 is 6.01 Å². The summed E-state index contributed by atoms with van der Waals surface area (Å²) in [6, 6.07) is 5.08. The molecule has 2 aromatic rings. The summed E-state index contributed by atoms with van der Waals surface area (Å²) >= 11 is 0. The number of hydrogen-bond donors (Lipinski definition) is 1. The number of carbonyl (C=O) groups is 1. The Kier molecular flexibility index (Phi) is 7.47. The fraction of sp³-hybridized carbons (Fsp3) is 0.625. The Balaban J connectivity index is 1.17. The Morgan fingerprint density at radius 3 is 2.70 bits per heavy atom. The molecular formula is C24H34FN5O3. The Hall–Kier alpha value is -2.68. The quantitative estimate of drug-likeness (QED) is 0.603. The highest BCUT2D eigenvalue weighted by Gasteiger charge is 2.27. The number of aromatic nitrogens is 2. The molecule has 33 heavy (non-hydrogen) atoms. The first kappa shape index (κ1) is 23.5. The number of nitrogens with two attached hydrogens (primary N) is 1. The summed E-state index contributed by atoms with van der Waals surface area (Å²) in [5.74, 6) is 1.23. The lowest BCUT2D eigenvalue weighted by Crippen LogP contribution is -2.34. The van der Waals surface area contributed by atoms with Crippen LogP contribution in [0.5, 0.6) is 5.75 Å². The van der Waals surface area contributed by atoms with Crippen LogP contribution in [0.1, 0.15) is 68.1 Å². The number of halogens is 1. The molecule has 2 aliphatic heterocycles. The molecule has 0 spiro atoms. The van der Waals surface area contributed by atoms with Crippen molar-refractivity contribution in [3.05, 3.63) is 35.4 Å². The van der Waals surface area contributed by atoms with Crippen molar-refractivity contribution in [2.24, 2.45) is 11.7 Å². The molecule has 2 aliphatic rings. The number of amides is 1. The smallest absolute Gasteiger partial charge is 0.324 e. The number of piperidine rings is 1. The van der Waals surface area contributed by atoms with E-state index in [0.717, 1.165) is 51.0 Å². The minimum atomic E-state index is -0.549. The summed E-state index contributed by atoms with van der Waals surface area (Å²) in [6.07, 6.45) is 4.86. The van der Waals surface area contributed by atoms with Crippen molar-refractivity contribution in [1.82, 2.24) is 15.0 Å². The highest BCUT2D eigenvalue weighted by Crippen LogP contribution is 2.26. The molecular weight excluding hydrogens is 425 g/mol. The van der Waals surface area contributed by atoms with E-state index in [1.54, 1.807) is 11.0 Å². The number of ether oxygens (including phenoxy) is 1. The maximum Gasteiger partial charge on any atom is 0.324 e. The molecule has 0 radical (unpaired) electrons. The van der Waals surface area contributed by atoms with E-state index < -0.39 is 5.82 Å². The summed E-state index contributed by atoms with van der Waals surface area (Å²) in [4.78, 5) is 20.7. The van der Waals surface area contributed by atoms with Crippen LogP contribution in [0.25, 0.3) is 0 Å². The SMILES string of the molecule is CC(C)c1noc(N2CCC(CCCOc3ccc(C(=O)N4CC[C@@H](N)C4)c(F)c3)CC2)n1. The van der Waals surface area contributed by atoms with Crippen molar-refractivity contribution in [2.75, 3.05) is 37.7 Å². The number of carbonyl (C=O) groups excluding carboxylic acids is 1. The first-order valence-electron chi connectivity index (χ1n) is 12.0. The van der Waals surface area contributed by atoms with Crippen LogP contribution in [0.4, 0.5) is 10.4 Å². The number of hydrogen-bond acceptors (Lipinski definition) is 7. The van der Waals surface area contributed by atoms with Gasteiger partial charge in [0.25, 0.3) is 5.91 Å². The second kappa shape index (κ2) is 10.5. The van der Waals surface area contributed by atoms with Gasteiger partial charge in [0.05, 0.1) is 12.2 Å². The molecule has 0 unspecified atom stereocenters. The molecule has 2 saturated heterocycles. The zero-order valence-corrected chi connectivity index (χ0v) is 19.5. The van der Waals surface area contributed by atoms with Crippen molar-refractivity contribution < 1.29 is 18.4 Å². The van der Waals surface area contributed by atoms with E-state index in [2.05, 4.69) is 28.9 Å². The van der Waals surface area contributed by atoms with Crippen LogP contribution >= 0.6 is 0 Å². The maximum absolute atomic E-state index is 14.5. The zero-order chi connectivity index (χ0) is 23.4. The zero-order valence-electron chi connectivity index (χ0n) is 19.5. The third-order valence-electron chi connectivity index (χ3n) is 6.54. The van der Waals surface area contributed by atoms with Crippen LogP contribution in [0, 0.1) is 11.7 Å². The molecule has 0 saturated carbocycles. The van der Waals surface area contributed by atoms with E-state index in [0.29, 0.717) is 37.4 Å².